The van der Waals surface area contributed by atoms with Crippen LogP contribution in [-0.4, -0.2) is 104 Å². The van der Waals surface area contributed by atoms with Crippen LogP contribution in [0.5, 0.6) is 0 Å². The summed E-state index contributed by atoms with van der Waals surface area (Å²) in [6.45, 7) is -0.508. The topological polar surface area (TPSA) is 134 Å². The SMILES string of the molecule is CN(CC(=O)O)C(=N)NP(=O)(O)O.[NaH].[NaH]. The van der Waals surface area contributed by atoms with E-state index in [4.69, 9.17) is 20.3 Å². The Bertz CT molecular complexity index is 269. The van der Waals surface area contributed by atoms with Crippen molar-refractivity contribution in [3.8, 4) is 0 Å². The molecule has 0 bridgehead atoms. The molecule has 0 amide bonds. The summed E-state index contributed by atoms with van der Waals surface area (Å²) in [5.74, 6) is -1.84. The van der Waals surface area contributed by atoms with Gasteiger partial charge >= 0.3 is 72.8 Å². The van der Waals surface area contributed by atoms with E-state index in [9.17, 15) is 9.36 Å². The van der Waals surface area contributed by atoms with E-state index >= 15 is 0 Å². The number of guanidine groups is 1. The second-order valence-corrected chi connectivity index (χ2v) is 3.57. The van der Waals surface area contributed by atoms with Gasteiger partial charge in [0.2, 0.25) is 0 Å². The van der Waals surface area contributed by atoms with Crippen molar-refractivity contribution in [1.29, 1.82) is 5.41 Å². The van der Waals surface area contributed by atoms with Crippen molar-refractivity contribution in [3.05, 3.63) is 0 Å². The molecule has 0 fully saturated rings. The summed E-state index contributed by atoms with van der Waals surface area (Å²) in [7, 11) is -3.31. The second kappa shape index (κ2) is 8.98. The molecule has 0 saturated heterocycles. The molecular weight excluding hydrogens is 247 g/mol. The molecule has 0 radical (unpaired) electrons. The van der Waals surface area contributed by atoms with Crippen LogP contribution < -0.4 is 5.09 Å². The van der Waals surface area contributed by atoms with Gasteiger partial charge in [0.1, 0.15) is 6.54 Å². The Labute approximate surface area is 131 Å². The van der Waals surface area contributed by atoms with Crippen LogP contribution in [0.1, 0.15) is 0 Å². The molecule has 0 spiro atoms. The third-order valence-corrected chi connectivity index (χ3v) is 1.51. The summed E-state index contributed by atoms with van der Waals surface area (Å²) in [6.07, 6.45) is 0. The molecule has 0 aromatic carbocycles. The molecule has 11 heteroatoms. The number of carboxylic acid groups (broad SMARTS) is 1. The molecule has 5 N–H and O–H groups in total. The van der Waals surface area contributed by atoms with Gasteiger partial charge in [-0.3, -0.25) is 15.3 Å². The van der Waals surface area contributed by atoms with Crippen molar-refractivity contribution in [2.45, 2.75) is 0 Å². The fourth-order valence-corrected chi connectivity index (χ4v) is 0.952. The molecule has 0 aliphatic rings. The van der Waals surface area contributed by atoms with Gasteiger partial charge in [-0.25, -0.2) is 4.57 Å². The molecule has 0 rings (SSSR count). The number of rotatable bonds is 3. The Balaban J connectivity index is -0.000000720. The Kier molecular flexibility index (Phi) is 12.7. The summed E-state index contributed by atoms with van der Waals surface area (Å²) < 4.78 is 10.3. The molecule has 8 nitrogen and oxygen atoms in total. The molecule has 0 aliphatic heterocycles. The Morgan fingerprint density at radius 3 is 2.13 bits per heavy atom. The predicted octanol–water partition coefficient (Wildman–Crippen LogP) is -2.68. The van der Waals surface area contributed by atoms with E-state index in [1.807, 2.05) is 0 Å². The summed E-state index contributed by atoms with van der Waals surface area (Å²) in [6, 6.07) is 0. The van der Waals surface area contributed by atoms with Gasteiger partial charge < -0.3 is 19.8 Å². The summed E-state index contributed by atoms with van der Waals surface area (Å²) >= 11 is 0. The van der Waals surface area contributed by atoms with E-state index in [2.05, 4.69) is 0 Å². The molecule has 0 saturated carbocycles. The number of nitrogens with one attached hydrogen (secondary N) is 2. The van der Waals surface area contributed by atoms with Gasteiger partial charge in [0.05, 0.1) is 0 Å². The van der Waals surface area contributed by atoms with Crippen LogP contribution in [0.2, 0.25) is 0 Å². The van der Waals surface area contributed by atoms with Crippen LogP contribution in [0.3, 0.4) is 0 Å². The van der Waals surface area contributed by atoms with Crippen LogP contribution >= 0.6 is 7.75 Å². The third kappa shape index (κ3) is 12.8. The van der Waals surface area contributed by atoms with Crippen molar-refractivity contribution in [3.63, 3.8) is 0 Å². The predicted molar refractivity (Wildman–Crippen MR) is 57.5 cm³/mol. The van der Waals surface area contributed by atoms with E-state index in [1.54, 1.807) is 0 Å². The molecule has 0 aromatic rings. The van der Waals surface area contributed by atoms with Crippen molar-refractivity contribution >= 4 is 78.8 Å². The van der Waals surface area contributed by atoms with Gasteiger partial charge in [-0.1, -0.05) is 0 Å². The number of likely N-dealkylation sites (N-methyl/N-ethyl adjacent to an activating group) is 1. The van der Waals surface area contributed by atoms with Crippen LogP contribution in [-0.2, 0) is 9.36 Å². The normalized spacial score (nSPS) is 9.27. The summed E-state index contributed by atoms with van der Waals surface area (Å²) in [5, 5.41) is 16.8. The molecule has 0 unspecified atom stereocenters. The Morgan fingerprint density at radius 1 is 1.47 bits per heavy atom. The van der Waals surface area contributed by atoms with Gasteiger partial charge in [0, 0.05) is 7.05 Å². The number of aliphatic carboxylic acids is 1. The third-order valence-electron chi connectivity index (χ3n) is 1.01. The Morgan fingerprint density at radius 2 is 1.87 bits per heavy atom. The van der Waals surface area contributed by atoms with Crippen LogP contribution in [0.4, 0.5) is 0 Å². The zero-order chi connectivity index (χ0) is 10.6. The van der Waals surface area contributed by atoms with E-state index < -0.39 is 26.2 Å². The summed E-state index contributed by atoms with van der Waals surface area (Å²) in [4.78, 5) is 27.7. The zero-order valence-electron chi connectivity index (χ0n) is 6.76. The van der Waals surface area contributed by atoms with Crippen molar-refractivity contribution in [2.75, 3.05) is 13.6 Å². The Hall–Kier alpha value is 0.890. The van der Waals surface area contributed by atoms with E-state index in [-0.39, 0.29) is 59.1 Å². The van der Waals surface area contributed by atoms with Gasteiger partial charge in [0.15, 0.2) is 5.96 Å². The number of hydrogen-bond donors (Lipinski definition) is 5. The minimum absolute atomic E-state index is 0. The maximum absolute atomic E-state index is 10.3. The van der Waals surface area contributed by atoms with Gasteiger partial charge in [0.25, 0.3) is 0 Å². The zero-order valence-corrected chi connectivity index (χ0v) is 7.65. The summed E-state index contributed by atoms with van der Waals surface area (Å²) in [5.41, 5.74) is 0. The average molecular weight is 259 g/mol. The molecular formula is C4H12N3Na2O5P. The number of nitrogens with zero attached hydrogens (tertiary/aromatic N) is 1. The van der Waals surface area contributed by atoms with E-state index in [0.717, 1.165) is 4.90 Å². The second-order valence-electron chi connectivity index (χ2n) is 2.25. The number of carboxylic acids is 1. The van der Waals surface area contributed by atoms with Gasteiger partial charge in [-0.15, -0.1) is 0 Å². The monoisotopic (exact) mass is 259 g/mol. The van der Waals surface area contributed by atoms with Crippen molar-refractivity contribution < 1.29 is 24.3 Å². The molecule has 15 heavy (non-hydrogen) atoms. The average Bonchev–Trinajstić information content (AvgIpc) is 1.81. The first-order valence-electron chi connectivity index (χ1n) is 3.07. The quantitative estimate of drug-likeness (QED) is 0.161. The first kappa shape index (κ1) is 21.2. The van der Waals surface area contributed by atoms with Crippen LogP contribution in [0.25, 0.3) is 0 Å². The number of carbonyl (C=O) groups is 1. The van der Waals surface area contributed by atoms with Crippen LogP contribution in [0, 0.1) is 5.41 Å². The molecule has 0 heterocycles. The van der Waals surface area contributed by atoms with Gasteiger partial charge in [-0.05, 0) is 0 Å². The van der Waals surface area contributed by atoms with E-state index in [1.165, 1.54) is 12.1 Å². The number of hydrogen-bond acceptors (Lipinski definition) is 3. The van der Waals surface area contributed by atoms with Crippen molar-refractivity contribution in [2.24, 2.45) is 0 Å². The van der Waals surface area contributed by atoms with Gasteiger partial charge in [-0.2, -0.15) is 0 Å². The van der Waals surface area contributed by atoms with Crippen molar-refractivity contribution in [1.82, 2.24) is 9.99 Å². The first-order chi connectivity index (χ1) is 5.72. The molecule has 80 valence electrons. The molecule has 0 aliphatic carbocycles. The fourth-order valence-electron chi connectivity index (χ4n) is 0.505. The molecule has 0 aromatic heterocycles. The minimum atomic E-state index is -4.53. The standard InChI is InChI=1S/C4H10N3O5P.2Na.2H/c1-7(2-3(8)9)4(5)6-13(10,11)12;;;;/h2H2,1H3,(H,8,9)(H4,5,6,10,11,12);;;;. The first-order valence-corrected chi connectivity index (χ1v) is 4.69. The van der Waals surface area contributed by atoms with E-state index in [0.29, 0.717) is 0 Å². The van der Waals surface area contributed by atoms with Crippen LogP contribution in [0.15, 0.2) is 0 Å². The maximum atomic E-state index is 10.3. The molecule has 0 atom stereocenters. The fraction of sp³-hybridized carbons (Fsp3) is 0.500.